The highest BCUT2D eigenvalue weighted by Crippen LogP contribution is 2.51. The van der Waals surface area contributed by atoms with E-state index in [9.17, 15) is 4.79 Å². The van der Waals surface area contributed by atoms with E-state index in [1.54, 1.807) is 12.1 Å². The number of carboxylic acid groups (broad SMARTS) is 1. The normalized spacial score (nSPS) is 17.2. The van der Waals surface area contributed by atoms with Crippen LogP contribution in [0.3, 0.4) is 0 Å². The molecule has 0 aliphatic heterocycles. The van der Waals surface area contributed by atoms with E-state index in [2.05, 4.69) is 46.8 Å². The van der Waals surface area contributed by atoms with E-state index in [0.717, 1.165) is 23.3 Å². The second kappa shape index (κ2) is 7.70. The molecule has 154 valence electrons. The molecular formula is C26H32O3. The molecule has 3 rings (SSSR count). The number of benzene rings is 2. The van der Waals surface area contributed by atoms with Crippen LogP contribution >= 0.6 is 0 Å². The van der Waals surface area contributed by atoms with Crippen LogP contribution in [0.25, 0.3) is 12.2 Å². The molecule has 2 aromatic carbocycles. The number of carbonyl (C=O) groups is 1. The average Bonchev–Trinajstić information content (AvgIpc) is 2.65. The van der Waals surface area contributed by atoms with Gasteiger partial charge >= 0.3 is 5.97 Å². The maximum absolute atomic E-state index is 11.1. The number of aromatic carboxylic acids is 1. The summed E-state index contributed by atoms with van der Waals surface area (Å²) in [5.74, 6) is 0.0909. The average molecular weight is 393 g/mol. The van der Waals surface area contributed by atoms with E-state index in [1.165, 1.54) is 23.1 Å². The molecule has 0 unspecified atom stereocenters. The molecule has 1 aliphatic rings. The highest BCUT2D eigenvalue weighted by Gasteiger charge is 2.40. The predicted octanol–water partition coefficient (Wildman–Crippen LogP) is 6.61. The number of fused-ring (bicyclic) bond motifs is 1. The lowest BCUT2D eigenvalue weighted by atomic mass is 9.62. The topological polar surface area (TPSA) is 46.5 Å². The van der Waals surface area contributed by atoms with Crippen molar-refractivity contribution in [3.05, 3.63) is 63.7 Å². The van der Waals surface area contributed by atoms with Crippen molar-refractivity contribution in [3.8, 4) is 5.75 Å². The second-order valence-electron chi connectivity index (χ2n) is 9.32. The fourth-order valence-corrected chi connectivity index (χ4v) is 4.31. The molecule has 0 amide bonds. The minimum atomic E-state index is -0.908. The van der Waals surface area contributed by atoms with Crippen LogP contribution in [0.2, 0.25) is 0 Å². The second-order valence-corrected chi connectivity index (χ2v) is 9.32. The van der Waals surface area contributed by atoms with Gasteiger partial charge in [0.15, 0.2) is 0 Å². The Morgan fingerprint density at radius 3 is 2.28 bits per heavy atom. The van der Waals surface area contributed by atoms with Gasteiger partial charge in [0.2, 0.25) is 0 Å². The molecule has 0 heterocycles. The van der Waals surface area contributed by atoms with Gasteiger partial charge in [0.25, 0.3) is 0 Å². The highest BCUT2D eigenvalue weighted by atomic mass is 16.5. The third-order valence-electron chi connectivity index (χ3n) is 6.20. The molecule has 3 heteroatoms. The summed E-state index contributed by atoms with van der Waals surface area (Å²) in [6, 6.07) is 9.28. The van der Waals surface area contributed by atoms with E-state index in [0.29, 0.717) is 12.2 Å². The molecular weight excluding hydrogens is 360 g/mol. The summed E-state index contributed by atoms with van der Waals surface area (Å²) < 4.78 is 6.26. The van der Waals surface area contributed by atoms with E-state index in [4.69, 9.17) is 9.84 Å². The smallest absolute Gasteiger partial charge is 0.335 e. The van der Waals surface area contributed by atoms with Gasteiger partial charge in [0.1, 0.15) is 5.75 Å². The number of hydrogen-bond acceptors (Lipinski definition) is 2. The Hall–Kier alpha value is -2.55. The van der Waals surface area contributed by atoms with Crippen LogP contribution in [-0.4, -0.2) is 17.7 Å². The zero-order valence-corrected chi connectivity index (χ0v) is 18.4. The molecule has 0 fully saturated rings. The van der Waals surface area contributed by atoms with Gasteiger partial charge in [-0.1, -0.05) is 58.0 Å². The summed E-state index contributed by atoms with van der Waals surface area (Å²) in [5.41, 5.74) is 6.51. The number of ether oxygens (including phenoxy) is 1. The van der Waals surface area contributed by atoms with Crippen molar-refractivity contribution in [2.75, 3.05) is 6.61 Å². The Morgan fingerprint density at radius 1 is 1.07 bits per heavy atom. The summed E-state index contributed by atoms with van der Waals surface area (Å²) >= 11 is 0. The first kappa shape index (κ1) is 21.2. The van der Waals surface area contributed by atoms with Crippen LogP contribution < -0.4 is 4.74 Å². The quantitative estimate of drug-likeness (QED) is 0.582. The van der Waals surface area contributed by atoms with Crippen LogP contribution in [-0.2, 0) is 10.8 Å². The lowest BCUT2D eigenvalue weighted by Crippen LogP contribution is -2.34. The third-order valence-corrected chi connectivity index (χ3v) is 6.20. The van der Waals surface area contributed by atoms with Crippen molar-refractivity contribution >= 4 is 18.1 Å². The fraction of sp³-hybridized carbons (Fsp3) is 0.423. The van der Waals surface area contributed by atoms with Gasteiger partial charge in [0, 0.05) is 11.1 Å². The van der Waals surface area contributed by atoms with E-state index in [-0.39, 0.29) is 10.8 Å². The zero-order valence-electron chi connectivity index (χ0n) is 18.4. The highest BCUT2D eigenvalue weighted by molar-refractivity contribution is 5.88. The zero-order chi connectivity index (χ0) is 21.4. The molecule has 29 heavy (non-hydrogen) atoms. The molecule has 0 atom stereocenters. The van der Waals surface area contributed by atoms with Gasteiger partial charge in [-0.2, -0.15) is 0 Å². The minimum Gasteiger partial charge on any atom is -0.493 e. The van der Waals surface area contributed by atoms with Gasteiger partial charge in [-0.05, 0) is 66.3 Å². The minimum absolute atomic E-state index is 0.0643. The molecule has 0 saturated carbocycles. The van der Waals surface area contributed by atoms with Gasteiger partial charge in [-0.3, -0.25) is 0 Å². The maximum atomic E-state index is 11.1. The van der Waals surface area contributed by atoms with Crippen LogP contribution in [0.15, 0.2) is 30.3 Å². The molecule has 3 nitrogen and oxygen atoms in total. The molecule has 0 saturated heterocycles. The van der Waals surface area contributed by atoms with E-state index >= 15 is 0 Å². The predicted molar refractivity (Wildman–Crippen MR) is 120 cm³/mol. The van der Waals surface area contributed by atoms with Crippen molar-refractivity contribution < 1.29 is 14.6 Å². The van der Waals surface area contributed by atoms with Crippen molar-refractivity contribution in [2.24, 2.45) is 0 Å². The summed E-state index contributed by atoms with van der Waals surface area (Å²) in [5, 5.41) is 9.08. The van der Waals surface area contributed by atoms with Crippen LogP contribution in [0.5, 0.6) is 5.75 Å². The number of rotatable bonds is 5. The Balaban J connectivity index is 2.13. The number of carboxylic acids is 1. The lowest BCUT2D eigenvalue weighted by Gasteiger charge is -2.43. The van der Waals surface area contributed by atoms with E-state index < -0.39 is 5.97 Å². The summed E-state index contributed by atoms with van der Waals surface area (Å²) in [4.78, 5) is 11.1. The molecule has 2 aromatic rings. The Morgan fingerprint density at radius 2 is 1.69 bits per heavy atom. The molecule has 0 spiro atoms. The lowest BCUT2D eigenvalue weighted by molar-refractivity contribution is 0.0697. The summed E-state index contributed by atoms with van der Waals surface area (Å²) in [6.07, 6.45) is 6.44. The first-order valence-electron chi connectivity index (χ1n) is 10.4. The molecule has 1 aliphatic carbocycles. The van der Waals surface area contributed by atoms with Crippen molar-refractivity contribution in [1.29, 1.82) is 0 Å². The molecule has 0 radical (unpaired) electrons. The van der Waals surface area contributed by atoms with Crippen molar-refractivity contribution in [1.82, 2.24) is 0 Å². The first-order valence-corrected chi connectivity index (χ1v) is 10.4. The van der Waals surface area contributed by atoms with Crippen LogP contribution in [0, 0.1) is 6.92 Å². The van der Waals surface area contributed by atoms with E-state index in [1.807, 2.05) is 25.1 Å². The van der Waals surface area contributed by atoms with Gasteiger partial charge in [-0.25, -0.2) is 4.79 Å². The number of aryl methyl sites for hydroxylation is 1. The van der Waals surface area contributed by atoms with Crippen LogP contribution in [0.1, 0.15) is 85.6 Å². The molecule has 0 bridgehead atoms. The molecule has 0 aromatic heterocycles. The van der Waals surface area contributed by atoms with Gasteiger partial charge in [0.05, 0.1) is 12.2 Å². The third kappa shape index (κ3) is 4.10. The standard InChI is InChI=1S/C26H32O3/c1-7-29-23-20(13-10-18-8-11-19(12-9-18)24(27)28)17(2)16-21-22(23)26(5,6)15-14-25(21,3)4/h8-13,16H,7,14-15H2,1-6H3,(H,27,28)/b13-10+. The van der Waals surface area contributed by atoms with Gasteiger partial charge < -0.3 is 9.84 Å². The van der Waals surface area contributed by atoms with Crippen molar-refractivity contribution in [2.45, 2.75) is 65.2 Å². The Kier molecular flexibility index (Phi) is 5.62. The summed E-state index contributed by atoms with van der Waals surface area (Å²) in [7, 11) is 0. The van der Waals surface area contributed by atoms with Crippen LogP contribution in [0.4, 0.5) is 0 Å². The number of hydrogen-bond donors (Lipinski definition) is 1. The fourth-order valence-electron chi connectivity index (χ4n) is 4.31. The maximum Gasteiger partial charge on any atom is 0.335 e. The van der Waals surface area contributed by atoms with Crippen molar-refractivity contribution in [3.63, 3.8) is 0 Å². The summed E-state index contributed by atoms with van der Waals surface area (Å²) in [6.45, 7) is 14.1. The first-order chi connectivity index (χ1) is 13.6. The van der Waals surface area contributed by atoms with Gasteiger partial charge in [-0.15, -0.1) is 0 Å². The largest absolute Gasteiger partial charge is 0.493 e. The molecule has 1 N–H and O–H groups in total. The Bertz CT molecular complexity index is 947. The Labute approximate surface area is 174 Å². The SMILES string of the molecule is CCOc1c(/C=C/c2ccc(C(=O)O)cc2)c(C)cc2c1C(C)(C)CCC2(C)C. The monoisotopic (exact) mass is 392 g/mol.